The largest absolute Gasteiger partial charge is 0.490 e. The van der Waals surface area contributed by atoms with Gasteiger partial charge in [0.2, 0.25) is 5.91 Å². The van der Waals surface area contributed by atoms with E-state index in [2.05, 4.69) is 18.2 Å². The molecule has 0 spiro atoms. The van der Waals surface area contributed by atoms with Gasteiger partial charge in [0.25, 0.3) is 0 Å². The third-order valence-electron chi connectivity index (χ3n) is 3.20. The lowest BCUT2D eigenvalue weighted by atomic mass is 9.88. The van der Waals surface area contributed by atoms with E-state index in [1.165, 1.54) is 0 Å². The molecule has 0 saturated carbocycles. The molecule has 120 valence electrons. The molecule has 0 aliphatic carbocycles. The number of carbonyl (C=O) groups is 2. The minimum Gasteiger partial charge on any atom is -0.475 e. The molecule has 2 N–H and O–H groups in total. The van der Waals surface area contributed by atoms with E-state index in [4.69, 9.17) is 16.3 Å². The summed E-state index contributed by atoms with van der Waals surface area (Å²) in [6.45, 7) is 6.05. The summed E-state index contributed by atoms with van der Waals surface area (Å²) in [5.41, 5.74) is -0.0521. The fraction of sp³-hybridized carbons (Fsp3) is 0.692. The van der Waals surface area contributed by atoms with Gasteiger partial charge in [0.15, 0.2) is 0 Å². The number of nitrogens with one attached hydrogen (secondary N) is 1. The summed E-state index contributed by atoms with van der Waals surface area (Å²) < 4.78 is 31.7. The highest BCUT2D eigenvalue weighted by Gasteiger charge is 2.38. The van der Waals surface area contributed by atoms with Crippen molar-refractivity contribution in [2.75, 3.05) is 19.6 Å². The van der Waals surface area contributed by atoms with Gasteiger partial charge >= 0.3 is 12.1 Å². The van der Waals surface area contributed by atoms with Crippen LogP contribution >= 0.6 is 0 Å². The Balaban J connectivity index is 0.000000486. The van der Waals surface area contributed by atoms with Gasteiger partial charge in [-0.25, -0.2) is 4.79 Å². The van der Waals surface area contributed by atoms with Crippen molar-refractivity contribution in [1.82, 2.24) is 10.2 Å². The zero-order valence-electron chi connectivity index (χ0n) is 12.0. The molecule has 0 unspecified atom stereocenters. The van der Waals surface area contributed by atoms with Gasteiger partial charge < -0.3 is 15.3 Å². The molecule has 0 radical (unpaired) electrons. The summed E-state index contributed by atoms with van der Waals surface area (Å²) in [4.78, 5) is 22.2. The fourth-order valence-electron chi connectivity index (χ4n) is 2.01. The molecule has 1 aliphatic rings. The number of carbonyl (C=O) groups excluding carboxylic acids is 1. The summed E-state index contributed by atoms with van der Waals surface area (Å²) in [5.74, 6) is -0.124. The Hall–Kier alpha value is -1.75. The van der Waals surface area contributed by atoms with Crippen molar-refractivity contribution < 1.29 is 27.9 Å². The molecule has 1 saturated heterocycles. The molecule has 0 aromatic heterocycles. The first-order chi connectivity index (χ1) is 9.54. The number of alkyl halides is 3. The van der Waals surface area contributed by atoms with E-state index in [1.54, 1.807) is 6.92 Å². The van der Waals surface area contributed by atoms with Crippen LogP contribution in [0.1, 0.15) is 26.7 Å². The molecule has 0 atom stereocenters. The van der Waals surface area contributed by atoms with Gasteiger partial charge in [0.1, 0.15) is 0 Å². The quantitative estimate of drug-likeness (QED) is 0.753. The summed E-state index contributed by atoms with van der Waals surface area (Å²) in [6.07, 6.45) is 2.15. The molecule has 1 aliphatic heterocycles. The Labute approximate surface area is 121 Å². The first kappa shape index (κ1) is 19.2. The van der Waals surface area contributed by atoms with Crippen LogP contribution in [0.3, 0.4) is 0 Å². The van der Waals surface area contributed by atoms with Crippen molar-refractivity contribution in [3.63, 3.8) is 0 Å². The lowest BCUT2D eigenvalue weighted by Crippen LogP contribution is -2.54. The summed E-state index contributed by atoms with van der Waals surface area (Å²) in [7, 11) is 0. The maximum Gasteiger partial charge on any atom is 0.490 e. The van der Waals surface area contributed by atoms with E-state index in [-0.39, 0.29) is 11.4 Å². The van der Waals surface area contributed by atoms with Crippen LogP contribution in [0.5, 0.6) is 0 Å². The molecule has 1 rings (SSSR count). The number of halogens is 3. The van der Waals surface area contributed by atoms with Gasteiger partial charge in [-0.15, -0.1) is 6.42 Å². The van der Waals surface area contributed by atoms with Crippen molar-refractivity contribution in [3.05, 3.63) is 0 Å². The van der Waals surface area contributed by atoms with Gasteiger partial charge in [0.05, 0.1) is 6.54 Å². The van der Waals surface area contributed by atoms with Crippen LogP contribution in [0.15, 0.2) is 0 Å². The second kappa shape index (κ2) is 7.88. The van der Waals surface area contributed by atoms with Crippen LogP contribution in [-0.4, -0.2) is 53.2 Å². The first-order valence-electron chi connectivity index (χ1n) is 6.27. The number of carboxylic acids is 1. The molecular weight excluding hydrogens is 289 g/mol. The van der Waals surface area contributed by atoms with Gasteiger partial charge in [0, 0.05) is 12.5 Å². The Morgan fingerprint density at radius 3 is 2.10 bits per heavy atom. The Kier molecular flexibility index (Phi) is 7.22. The summed E-state index contributed by atoms with van der Waals surface area (Å²) in [6, 6.07) is 0. The molecule has 5 nitrogen and oxygen atoms in total. The number of amides is 1. The molecule has 0 aromatic carbocycles. The highest BCUT2D eigenvalue weighted by molar-refractivity contribution is 5.74. The minimum atomic E-state index is -5.08. The number of terminal acetylenes is 1. The van der Waals surface area contributed by atoms with Crippen LogP contribution in [0.2, 0.25) is 0 Å². The van der Waals surface area contributed by atoms with Crippen LogP contribution < -0.4 is 5.32 Å². The maximum atomic E-state index is 11.4. The number of rotatable bonds is 2. The lowest BCUT2D eigenvalue weighted by Gasteiger charge is -2.43. The van der Waals surface area contributed by atoms with Gasteiger partial charge in [-0.05, 0) is 32.9 Å². The van der Waals surface area contributed by atoms with E-state index in [0.717, 1.165) is 25.9 Å². The number of piperidine rings is 1. The van der Waals surface area contributed by atoms with E-state index in [0.29, 0.717) is 6.54 Å². The Morgan fingerprint density at radius 2 is 1.81 bits per heavy atom. The molecule has 1 heterocycles. The highest BCUT2D eigenvalue weighted by atomic mass is 19.4. The number of aliphatic carboxylic acids is 1. The van der Waals surface area contributed by atoms with E-state index in [9.17, 15) is 18.0 Å². The molecule has 0 bridgehead atoms. The fourth-order valence-corrected chi connectivity index (χ4v) is 2.01. The second-order valence-electron chi connectivity index (χ2n) is 4.86. The normalized spacial score (nSPS) is 17.0. The standard InChI is InChI=1S/C11H18N2O.C2HF3O2/c1-4-9-13(10(2)14)11(3)5-7-12-8-6-11;3-2(4,5)1(6)7/h1,12H,5-9H2,2-3H3;(H,6,7). The maximum absolute atomic E-state index is 11.4. The van der Waals surface area contributed by atoms with Gasteiger partial charge in [-0.3, -0.25) is 4.79 Å². The van der Waals surface area contributed by atoms with Crippen molar-refractivity contribution >= 4 is 11.9 Å². The van der Waals surface area contributed by atoms with Crippen LogP contribution in [-0.2, 0) is 9.59 Å². The van der Waals surface area contributed by atoms with Crippen molar-refractivity contribution in [3.8, 4) is 12.3 Å². The number of hydrogen-bond acceptors (Lipinski definition) is 3. The summed E-state index contributed by atoms with van der Waals surface area (Å²) >= 11 is 0. The summed E-state index contributed by atoms with van der Waals surface area (Å²) in [5, 5.41) is 10.4. The van der Waals surface area contributed by atoms with Crippen molar-refractivity contribution in [2.24, 2.45) is 0 Å². The second-order valence-corrected chi connectivity index (χ2v) is 4.86. The number of hydrogen-bond donors (Lipinski definition) is 2. The zero-order valence-corrected chi connectivity index (χ0v) is 12.0. The van der Waals surface area contributed by atoms with Crippen LogP contribution in [0.25, 0.3) is 0 Å². The van der Waals surface area contributed by atoms with Crippen molar-refractivity contribution in [2.45, 2.75) is 38.4 Å². The monoisotopic (exact) mass is 308 g/mol. The molecule has 21 heavy (non-hydrogen) atoms. The third-order valence-corrected chi connectivity index (χ3v) is 3.20. The predicted octanol–water partition coefficient (Wildman–Crippen LogP) is 1.24. The molecule has 1 amide bonds. The number of carboxylic acid groups (broad SMARTS) is 1. The number of nitrogens with zero attached hydrogens (tertiary/aromatic N) is 1. The minimum absolute atomic E-state index is 0.0521. The van der Waals surface area contributed by atoms with Gasteiger partial charge in [-0.1, -0.05) is 5.92 Å². The molecule has 0 aromatic rings. The molecule has 1 fully saturated rings. The first-order valence-corrected chi connectivity index (χ1v) is 6.27. The van der Waals surface area contributed by atoms with Crippen molar-refractivity contribution in [1.29, 1.82) is 0 Å². The Morgan fingerprint density at radius 1 is 1.38 bits per heavy atom. The zero-order chi connectivity index (χ0) is 16.7. The van der Waals surface area contributed by atoms with E-state index in [1.807, 2.05) is 4.90 Å². The van der Waals surface area contributed by atoms with Crippen LogP contribution in [0.4, 0.5) is 13.2 Å². The molecule has 8 heteroatoms. The third kappa shape index (κ3) is 6.49. The average Bonchev–Trinajstić information content (AvgIpc) is 2.35. The van der Waals surface area contributed by atoms with E-state index < -0.39 is 12.1 Å². The average molecular weight is 308 g/mol. The smallest absolute Gasteiger partial charge is 0.475 e. The highest BCUT2D eigenvalue weighted by Crippen LogP contribution is 2.25. The Bertz CT molecular complexity index is 410. The van der Waals surface area contributed by atoms with Gasteiger partial charge in [-0.2, -0.15) is 13.2 Å². The SMILES string of the molecule is C#CCN(C(C)=O)C1(C)CCNCC1.O=C(O)C(F)(F)F. The van der Waals surface area contributed by atoms with E-state index >= 15 is 0 Å². The predicted molar refractivity (Wildman–Crippen MR) is 70.4 cm³/mol. The lowest BCUT2D eigenvalue weighted by molar-refractivity contribution is -0.192. The molecular formula is C13H19F3N2O3. The topological polar surface area (TPSA) is 69.6 Å². The van der Waals surface area contributed by atoms with Crippen LogP contribution in [0, 0.1) is 12.3 Å².